The van der Waals surface area contributed by atoms with Crippen molar-refractivity contribution in [1.82, 2.24) is 4.98 Å². The molecule has 1 N–H and O–H groups in total. The fraction of sp³-hybridized carbons (Fsp3) is 0.444. The van der Waals surface area contributed by atoms with Crippen LogP contribution >= 0.6 is 0 Å². The smallest absolute Gasteiger partial charge is 0.125 e. The van der Waals surface area contributed by atoms with Gasteiger partial charge in [-0.15, -0.1) is 0 Å². The molecule has 0 spiro atoms. The Morgan fingerprint density at radius 3 is 3.08 bits per heavy atom. The Labute approximate surface area is 72.8 Å². The van der Waals surface area contributed by atoms with Crippen LogP contribution in [0.2, 0.25) is 0 Å². The number of hydrogen-bond acceptors (Lipinski definition) is 3. The van der Waals surface area contributed by atoms with E-state index in [1.54, 1.807) is 13.3 Å². The highest BCUT2D eigenvalue weighted by atomic mass is 16.5. The molecule has 0 radical (unpaired) electrons. The third kappa shape index (κ3) is 3.34. The van der Waals surface area contributed by atoms with Gasteiger partial charge in [-0.25, -0.2) is 4.98 Å². The minimum absolute atomic E-state index is 0.792. The summed E-state index contributed by atoms with van der Waals surface area (Å²) < 4.78 is 4.92. The fourth-order valence-electron chi connectivity index (χ4n) is 0.900. The molecule has 0 unspecified atom stereocenters. The van der Waals surface area contributed by atoms with Crippen molar-refractivity contribution in [3.05, 3.63) is 24.4 Å². The molecule has 0 saturated heterocycles. The maximum Gasteiger partial charge on any atom is 0.125 e. The molecule has 0 aromatic carbocycles. The molecule has 1 aromatic rings. The first-order valence-corrected chi connectivity index (χ1v) is 4.07. The summed E-state index contributed by atoms with van der Waals surface area (Å²) in [6, 6.07) is 5.82. The van der Waals surface area contributed by atoms with Crippen molar-refractivity contribution in [2.45, 2.75) is 6.42 Å². The van der Waals surface area contributed by atoms with Crippen molar-refractivity contribution in [3.63, 3.8) is 0 Å². The zero-order valence-corrected chi connectivity index (χ0v) is 7.29. The minimum Gasteiger partial charge on any atom is -0.385 e. The van der Waals surface area contributed by atoms with Gasteiger partial charge in [0.15, 0.2) is 0 Å². The van der Waals surface area contributed by atoms with Gasteiger partial charge in [0.25, 0.3) is 0 Å². The SMILES string of the molecule is COCCCNc1ccccn1. The Kier molecular flexibility index (Phi) is 4.16. The zero-order valence-electron chi connectivity index (χ0n) is 7.29. The monoisotopic (exact) mass is 166 g/mol. The molecule has 0 bridgehead atoms. The predicted octanol–water partition coefficient (Wildman–Crippen LogP) is 1.53. The molecule has 3 heteroatoms. The number of hydrogen-bond donors (Lipinski definition) is 1. The van der Waals surface area contributed by atoms with Crippen LogP contribution in [0, 0.1) is 0 Å². The maximum atomic E-state index is 4.92. The molecular formula is C9H14N2O. The van der Waals surface area contributed by atoms with Crippen LogP contribution in [0.4, 0.5) is 5.82 Å². The van der Waals surface area contributed by atoms with Crippen LogP contribution in [0.15, 0.2) is 24.4 Å². The van der Waals surface area contributed by atoms with Crippen molar-refractivity contribution in [2.75, 3.05) is 25.6 Å². The van der Waals surface area contributed by atoms with Crippen LogP contribution in [0.5, 0.6) is 0 Å². The Morgan fingerprint density at radius 1 is 1.50 bits per heavy atom. The van der Waals surface area contributed by atoms with Crippen molar-refractivity contribution in [3.8, 4) is 0 Å². The molecule has 0 aliphatic carbocycles. The van der Waals surface area contributed by atoms with Gasteiger partial charge < -0.3 is 10.1 Å². The molecular weight excluding hydrogens is 152 g/mol. The lowest BCUT2D eigenvalue weighted by molar-refractivity contribution is 0.198. The summed E-state index contributed by atoms with van der Waals surface area (Å²) in [4.78, 5) is 4.12. The van der Waals surface area contributed by atoms with E-state index in [1.807, 2.05) is 18.2 Å². The van der Waals surface area contributed by atoms with E-state index < -0.39 is 0 Å². The fourth-order valence-corrected chi connectivity index (χ4v) is 0.900. The highest BCUT2D eigenvalue weighted by Gasteiger charge is 1.89. The Balaban J connectivity index is 2.16. The topological polar surface area (TPSA) is 34.1 Å². The van der Waals surface area contributed by atoms with Crippen LogP contribution in [-0.4, -0.2) is 25.2 Å². The van der Waals surface area contributed by atoms with Crippen LogP contribution < -0.4 is 5.32 Å². The number of ether oxygens (including phenoxy) is 1. The molecule has 0 fully saturated rings. The summed E-state index contributed by atoms with van der Waals surface area (Å²) in [5.41, 5.74) is 0. The molecule has 0 atom stereocenters. The van der Waals surface area contributed by atoms with Gasteiger partial charge in [-0.1, -0.05) is 6.07 Å². The van der Waals surface area contributed by atoms with Gasteiger partial charge in [0.05, 0.1) is 0 Å². The third-order valence-corrected chi connectivity index (χ3v) is 1.50. The lowest BCUT2D eigenvalue weighted by Crippen LogP contribution is -2.05. The summed E-state index contributed by atoms with van der Waals surface area (Å²) in [6.45, 7) is 1.70. The standard InChI is InChI=1S/C9H14N2O/c1-12-8-4-7-11-9-5-2-3-6-10-9/h2-3,5-6H,4,7-8H2,1H3,(H,10,11). The van der Waals surface area contributed by atoms with Gasteiger partial charge in [0, 0.05) is 26.5 Å². The first-order valence-electron chi connectivity index (χ1n) is 4.07. The van der Waals surface area contributed by atoms with Gasteiger partial charge in [0.2, 0.25) is 0 Å². The summed E-state index contributed by atoms with van der Waals surface area (Å²) in [5, 5.41) is 3.19. The second kappa shape index (κ2) is 5.55. The van der Waals surface area contributed by atoms with Crippen LogP contribution in [0.25, 0.3) is 0 Å². The van der Waals surface area contributed by atoms with Crippen LogP contribution in [0.1, 0.15) is 6.42 Å². The molecule has 66 valence electrons. The molecule has 0 aliphatic rings. The number of aromatic nitrogens is 1. The van der Waals surface area contributed by atoms with Crippen LogP contribution in [-0.2, 0) is 4.74 Å². The van der Waals surface area contributed by atoms with Crippen molar-refractivity contribution in [2.24, 2.45) is 0 Å². The summed E-state index contributed by atoms with van der Waals surface area (Å²) >= 11 is 0. The molecule has 0 aliphatic heterocycles. The van der Waals surface area contributed by atoms with E-state index in [9.17, 15) is 0 Å². The average Bonchev–Trinajstić information content (AvgIpc) is 2.14. The average molecular weight is 166 g/mol. The van der Waals surface area contributed by atoms with E-state index in [4.69, 9.17) is 4.74 Å². The Morgan fingerprint density at radius 2 is 2.42 bits per heavy atom. The Bertz CT molecular complexity index is 201. The van der Waals surface area contributed by atoms with E-state index in [1.165, 1.54) is 0 Å². The number of rotatable bonds is 5. The number of nitrogens with one attached hydrogen (secondary N) is 1. The summed E-state index contributed by atoms with van der Waals surface area (Å²) in [5.74, 6) is 0.925. The quantitative estimate of drug-likeness (QED) is 0.673. The molecule has 1 rings (SSSR count). The minimum atomic E-state index is 0.792. The normalized spacial score (nSPS) is 9.75. The predicted molar refractivity (Wildman–Crippen MR) is 49.2 cm³/mol. The maximum absolute atomic E-state index is 4.92. The Hall–Kier alpha value is -1.09. The van der Waals surface area contributed by atoms with Gasteiger partial charge in [-0.3, -0.25) is 0 Å². The van der Waals surface area contributed by atoms with E-state index >= 15 is 0 Å². The van der Waals surface area contributed by atoms with Gasteiger partial charge >= 0.3 is 0 Å². The van der Waals surface area contributed by atoms with E-state index in [-0.39, 0.29) is 0 Å². The lowest BCUT2D eigenvalue weighted by atomic mass is 10.4. The molecule has 1 aromatic heterocycles. The molecule has 1 heterocycles. The lowest BCUT2D eigenvalue weighted by Gasteiger charge is -2.03. The van der Waals surface area contributed by atoms with Crippen molar-refractivity contribution in [1.29, 1.82) is 0 Å². The van der Waals surface area contributed by atoms with Gasteiger partial charge in [-0.05, 0) is 18.6 Å². The van der Waals surface area contributed by atoms with Gasteiger partial charge in [-0.2, -0.15) is 0 Å². The number of nitrogens with zero attached hydrogens (tertiary/aromatic N) is 1. The molecule has 3 nitrogen and oxygen atoms in total. The second-order valence-corrected chi connectivity index (χ2v) is 2.49. The highest BCUT2D eigenvalue weighted by Crippen LogP contribution is 1.98. The van der Waals surface area contributed by atoms with E-state index in [0.29, 0.717) is 0 Å². The van der Waals surface area contributed by atoms with Gasteiger partial charge in [0.1, 0.15) is 5.82 Å². The summed E-state index contributed by atoms with van der Waals surface area (Å²) in [7, 11) is 1.71. The number of anilines is 1. The second-order valence-electron chi connectivity index (χ2n) is 2.49. The third-order valence-electron chi connectivity index (χ3n) is 1.50. The molecule has 12 heavy (non-hydrogen) atoms. The first kappa shape index (κ1) is 9.00. The highest BCUT2D eigenvalue weighted by molar-refractivity contribution is 5.32. The van der Waals surface area contributed by atoms with Crippen molar-refractivity contribution >= 4 is 5.82 Å². The van der Waals surface area contributed by atoms with Crippen molar-refractivity contribution < 1.29 is 4.74 Å². The summed E-state index contributed by atoms with van der Waals surface area (Å²) in [6.07, 6.45) is 2.78. The van der Waals surface area contributed by atoms with Crippen LogP contribution in [0.3, 0.4) is 0 Å². The van der Waals surface area contributed by atoms with E-state index in [2.05, 4.69) is 10.3 Å². The number of pyridine rings is 1. The zero-order chi connectivity index (χ0) is 8.65. The number of methoxy groups -OCH3 is 1. The molecule has 0 amide bonds. The van der Waals surface area contributed by atoms with E-state index in [0.717, 1.165) is 25.4 Å². The first-order chi connectivity index (χ1) is 5.93. The largest absolute Gasteiger partial charge is 0.385 e. The molecule has 0 saturated carbocycles.